The van der Waals surface area contributed by atoms with Crippen LogP contribution in [0.1, 0.15) is 11.1 Å². The molecule has 2 aromatic rings. The normalized spacial score (nSPS) is 14.1. The molecule has 1 atom stereocenters. The summed E-state index contributed by atoms with van der Waals surface area (Å²) in [4.78, 5) is 12.0. The van der Waals surface area contributed by atoms with Crippen molar-refractivity contribution < 1.29 is 32.6 Å². The number of rotatable bonds is 6. The van der Waals surface area contributed by atoms with Gasteiger partial charge in [0.05, 0.1) is 5.56 Å². The number of carbonyl (C=O) groups is 1. The monoisotopic (exact) mass is 374 g/mol. The van der Waals surface area contributed by atoms with Crippen LogP contribution in [0.4, 0.5) is 17.6 Å². The molecule has 2 aromatic carbocycles. The molecule has 0 radical (unpaired) electrons. The van der Waals surface area contributed by atoms with E-state index < -0.39 is 29.1 Å². The molecule has 0 aromatic heterocycles. The second kappa shape index (κ2) is 7.45. The highest BCUT2D eigenvalue weighted by Gasteiger charge is 2.37. The number of hydrogen-bond donors (Lipinski definition) is 2. The van der Waals surface area contributed by atoms with Crippen molar-refractivity contribution in [3.8, 4) is 0 Å². The van der Waals surface area contributed by atoms with Crippen LogP contribution in [-0.2, 0) is 17.4 Å². The van der Waals surface area contributed by atoms with Gasteiger partial charge in [0.15, 0.2) is 5.60 Å². The average molecular weight is 374 g/mol. The second-order valence-corrected chi connectivity index (χ2v) is 6.50. The summed E-state index contributed by atoms with van der Waals surface area (Å²) in [6.45, 7) is 0. The van der Waals surface area contributed by atoms with Gasteiger partial charge in [-0.05, 0) is 42.0 Å². The van der Waals surface area contributed by atoms with Crippen molar-refractivity contribution in [1.82, 2.24) is 0 Å². The molecule has 2 rings (SSSR count). The fourth-order valence-corrected chi connectivity index (χ4v) is 3.03. The van der Waals surface area contributed by atoms with E-state index in [1.165, 1.54) is 24.3 Å². The zero-order valence-corrected chi connectivity index (χ0v) is 13.6. The molecule has 0 aliphatic heterocycles. The van der Waals surface area contributed by atoms with Crippen molar-refractivity contribution in [3.05, 3.63) is 65.5 Å². The molecule has 0 aliphatic carbocycles. The van der Waals surface area contributed by atoms with Crippen LogP contribution in [-0.4, -0.2) is 27.5 Å². The van der Waals surface area contributed by atoms with Crippen LogP contribution < -0.4 is 0 Å². The zero-order chi connectivity index (χ0) is 18.7. The number of alkyl halides is 3. The number of halogens is 4. The van der Waals surface area contributed by atoms with Gasteiger partial charge in [-0.15, -0.1) is 11.8 Å². The first kappa shape index (κ1) is 19.3. The summed E-state index contributed by atoms with van der Waals surface area (Å²) in [5.74, 6) is -2.17. The highest BCUT2D eigenvalue weighted by Crippen LogP contribution is 2.30. The van der Waals surface area contributed by atoms with Crippen LogP contribution >= 0.6 is 11.8 Å². The van der Waals surface area contributed by atoms with Crippen molar-refractivity contribution in [2.45, 2.75) is 23.1 Å². The van der Waals surface area contributed by atoms with Crippen LogP contribution in [0.5, 0.6) is 0 Å². The molecule has 3 nitrogen and oxygen atoms in total. The summed E-state index contributed by atoms with van der Waals surface area (Å²) in [5.41, 5.74) is -2.76. The van der Waals surface area contributed by atoms with E-state index in [0.717, 1.165) is 36.0 Å². The zero-order valence-electron chi connectivity index (χ0n) is 12.8. The Kier molecular flexibility index (Phi) is 5.74. The Morgan fingerprint density at radius 3 is 2.04 bits per heavy atom. The van der Waals surface area contributed by atoms with E-state index in [2.05, 4.69) is 0 Å². The topological polar surface area (TPSA) is 57.5 Å². The molecule has 0 aliphatic rings. The van der Waals surface area contributed by atoms with Crippen LogP contribution in [0.3, 0.4) is 0 Å². The SMILES string of the molecule is O=C(O)[C@@](O)(CSc1ccc(F)cc1)Cc1ccc(C(F)(F)F)cc1. The standard InChI is InChI=1S/C17H14F4O3S/c18-13-5-7-14(8-6-13)25-10-16(24,15(22)23)9-11-1-3-12(4-2-11)17(19,20)21/h1-8,24H,9-10H2,(H,22,23)/t16-/m0/s1. The Morgan fingerprint density at radius 2 is 1.56 bits per heavy atom. The van der Waals surface area contributed by atoms with Gasteiger partial charge in [-0.2, -0.15) is 13.2 Å². The predicted octanol–water partition coefficient (Wildman–Crippen LogP) is 4.00. The van der Waals surface area contributed by atoms with Crippen LogP contribution in [0.15, 0.2) is 53.4 Å². The van der Waals surface area contributed by atoms with Crippen molar-refractivity contribution >= 4 is 17.7 Å². The van der Waals surface area contributed by atoms with Crippen LogP contribution in [0.2, 0.25) is 0 Å². The molecule has 2 N–H and O–H groups in total. The first-order valence-electron chi connectivity index (χ1n) is 7.10. The summed E-state index contributed by atoms with van der Waals surface area (Å²) >= 11 is 1.01. The van der Waals surface area contributed by atoms with Crippen molar-refractivity contribution in [2.24, 2.45) is 0 Å². The highest BCUT2D eigenvalue weighted by atomic mass is 32.2. The molecule has 0 fully saturated rings. The molecule has 0 unspecified atom stereocenters. The number of benzene rings is 2. The first-order valence-corrected chi connectivity index (χ1v) is 8.09. The minimum absolute atomic E-state index is 0.241. The molecular weight excluding hydrogens is 360 g/mol. The third-order valence-corrected chi connectivity index (χ3v) is 4.69. The molecule has 0 heterocycles. The lowest BCUT2D eigenvalue weighted by atomic mass is 9.96. The maximum atomic E-state index is 12.9. The Hall–Kier alpha value is -2.06. The number of thioether (sulfide) groups is 1. The number of hydrogen-bond acceptors (Lipinski definition) is 3. The van der Waals surface area contributed by atoms with E-state index in [4.69, 9.17) is 0 Å². The molecule has 8 heteroatoms. The number of carboxylic acids is 1. The Morgan fingerprint density at radius 1 is 1.00 bits per heavy atom. The summed E-state index contributed by atoms with van der Waals surface area (Å²) in [6, 6.07) is 9.25. The highest BCUT2D eigenvalue weighted by molar-refractivity contribution is 7.99. The van der Waals surface area contributed by atoms with E-state index in [0.29, 0.717) is 4.90 Å². The molecular formula is C17H14F4O3S. The number of aliphatic carboxylic acids is 1. The molecule has 134 valence electrons. The molecule has 0 bridgehead atoms. The minimum Gasteiger partial charge on any atom is -0.479 e. The van der Waals surface area contributed by atoms with Crippen LogP contribution in [0.25, 0.3) is 0 Å². The van der Waals surface area contributed by atoms with E-state index in [9.17, 15) is 32.6 Å². The van der Waals surface area contributed by atoms with Gasteiger partial charge in [0.2, 0.25) is 0 Å². The third kappa shape index (κ3) is 5.20. The third-order valence-electron chi connectivity index (χ3n) is 3.47. The van der Waals surface area contributed by atoms with E-state index in [1.54, 1.807) is 0 Å². The van der Waals surface area contributed by atoms with E-state index >= 15 is 0 Å². The first-order chi connectivity index (χ1) is 11.6. The quantitative estimate of drug-likeness (QED) is 0.593. The fourth-order valence-electron chi connectivity index (χ4n) is 2.07. The fraction of sp³-hybridized carbons (Fsp3) is 0.235. The van der Waals surface area contributed by atoms with Gasteiger partial charge < -0.3 is 10.2 Å². The lowest BCUT2D eigenvalue weighted by molar-refractivity contribution is -0.155. The minimum atomic E-state index is -4.49. The average Bonchev–Trinajstić information content (AvgIpc) is 2.54. The van der Waals surface area contributed by atoms with E-state index in [1.807, 2.05) is 0 Å². The Bertz CT molecular complexity index is 729. The van der Waals surface area contributed by atoms with E-state index in [-0.39, 0.29) is 17.7 Å². The Balaban J connectivity index is 2.10. The van der Waals surface area contributed by atoms with Crippen molar-refractivity contribution in [3.63, 3.8) is 0 Å². The van der Waals surface area contributed by atoms with Gasteiger partial charge in [-0.1, -0.05) is 12.1 Å². The molecule has 0 amide bonds. The van der Waals surface area contributed by atoms with Gasteiger partial charge in [0.25, 0.3) is 0 Å². The summed E-state index contributed by atoms with van der Waals surface area (Å²) < 4.78 is 50.5. The lowest BCUT2D eigenvalue weighted by Crippen LogP contribution is -2.43. The second-order valence-electron chi connectivity index (χ2n) is 5.45. The maximum absolute atomic E-state index is 12.9. The van der Waals surface area contributed by atoms with Gasteiger partial charge in [0, 0.05) is 17.1 Å². The molecule has 0 spiro atoms. The maximum Gasteiger partial charge on any atom is 0.416 e. The summed E-state index contributed by atoms with van der Waals surface area (Å²) in [6.07, 6.45) is -4.84. The largest absolute Gasteiger partial charge is 0.479 e. The number of carboxylic acid groups (broad SMARTS) is 1. The summed E-state index contributed by atoms with van der Waals surface area (Å²) in [5, 5.41) is 19.7. The van der Waals surface area contributed by atoms with Gasteiger partial charge in [-0.3, -0.25) is 0 Å². The molecule has 25 heavy (non-hydrogen) atoms. The lowest BCUT2D eigenvalue weighted by Gasteiger charge is -2.23. The molecule has 0 saturated heterocycles. The predicted molar refractivity (Wildman–Crippen MR) is 84.9 cm³/mol. The Labute approximate surface area is 145 Å². The summed E-state index contributed by atoms with van der Waals surface area (Å²) in [7, 11) is 0. The molecule has 0 saturated carbocycles. The van der Waals surface area contributed by atoms with Crippen molar-refractivity contribution in [2.75, 3.05) is 5.75 Å². The number of aliphatic hydroxyl groups is 1. The van der Waals surface area contributed by atoms with Crippen molar-refractivity contribution in [1.29, 1.82) is 0 Å². The smallest absolute Gasteiger partial charge is 0.416 e. The van der Waals surface area contributed by atoms with Gasteiger partial charge in [-0.25, -0.2) is 9.18 Å². The van der Waals surface area contributed by atoms with Crippen LogP contribution in [0, 0.1) is 5.82 Å². The van der Waals surface area contributed by atoms with Gasteiger partial charge >= 0.3 is 12.1 Å². The van der Waals surface area contributed by atoms with Gasteiger partial charge in [0.1, 0.15) is 5.82 Å².